The SMILES string of the molecule is CC1(C)OB(c2cnc3occc3c2)OC1(C)C. The zero-order chi connectivity index (χ0) is 13.0. The summed E-state index contributed by atoms with van der Waals surface area (Å²) in [6, 6.07) is 3.88. The minimum Gasteiger partial charge on any atom is -0.446 e. The molecule has 0 aliphatic carbocycles. The van der Waals surface area contributed by atoms with Crippen LogP contribution in [-0.4, -0.2) is 23.3 Å². The monoisotopic (exact) mass is 245 g/mol. The molecule has 0 aromatic carbocycles. The number of hydrogen-bond acceptors (Lipinski definition) is 4. The van der Waals surface area contributed by atoms with Gasteiger partial charge in [0, 0.05) is 17.0 Å². The molecular formula is C13H16BNO3. The third-order valence-corrected chi connectivity index (χ3v) is 3.85. The van der Waals surface area contributed by atoms with Crippen molar-refractivity contribution in [2.24, 2.45) is 0 Å². The molecule has 1 aliphatic heterocycles. The van der Waals surface area contributed by atoms with Gasteiger partial charge in [0.2, 0.25) is 5.71 Å². The summed E-state index contributed by atoms with van der Waals surface area (Å²) >= 11 is 0. The molecule has 0 N–H and O–H groups in total. The van der Waals surface area contributed by atoms with E-state index in [1.165, 1.54) is 0 Å². The Kier molecular flexibility index (Phi) is 2.34. The molecule has 18 heavy (non-hydrogen) atoms. The molecule has 0 bridgehead atoms. The quantitative estimate of drug-likeness (QED) is 0.722. The van der Waals surface area contributed by atoms with E-state index in [1.807, 2.05) is 39.8 Å². The number of furan rings is 1. The number of nitrogens with zero attached hydrogens (tertiary/aromatic N) is 1. The fourth-order valence-corrected chi connectivity index (χ4v) is 1.98. The third kappa shape index (κ3) is 1.66. The van der Waals surface area contributed by atoms with Crippen molar-refractivity contribution in [1.29, 1.82) is 0 Å². The van der Waals surface area contributed by atoms with Gasteiger partial charge in [0.25, 0.3) is 0 Å². The van der Waals surface area contributed by atoms with E-state index in [2.05, 4.69) is 4.98 Å². The van der Waals surface area contributed by atoms with Gasteiger partial charge in [0.05, 0.1) is 17.5 Å². The average Bonchev–Trinajstić information content (AvgIpc) is 2.80. The van der Waals surface area contributed by atoms with Crippen LogP contribution in [0, 0.1) is 0 Å². The average molecular weight is 245 g/mol. The minimum absolute atomic E-state index is 0.330. The molecule has 5 heteroatoms. The van der Waals surface area contributed by atoms with E-state index in [0.29, 0.717) is 5.71 Å². The summed E-state index contributed by atoms with van der Waals surface area (Å²) in [4.78, 5) is 4.25. The highest BCUT2D eigenvalue weighted by atomic mass is 16.7. The van der Waals surface area contributed by atoms with Crippen LogP contribution in [0.5, 0.6) is 0 Å². The second kappa shape index (κ2) is 3.59. The number of aromatic nitrogens is 1. The first-order valence-corrected chi connectivity index (χ1v) is 6.08. The van der Waals surface area contributed by atoms with Gasteiger partial charge in [-0.05, 0) is 39.8 Å². The van der Waals surface area contributed by atoms with Gasteiger partial charge in [0.15, 0.2) is 0 Å². The van der Waals surface area contributed by atoms with Gasteiger partial charge in [-0.15, -0.1) is 0 Å². The Hall–Kier alpha value is -1.33. The van der Waals surface area contributed by atoms with E-state index in [9.17, 15) is 0 Å². The summed E-state index contributed by atoms with van der Waals surface area (Å²) < 4.78 is 17.2. The maximum Gasteiger partial charge on any atom is 0.496 e. The second-order valence-corrected chi connectivity index (χ2v) is 5.67. The molecule has 3 rings (SSSR count). The van der Waals surface area contributed by atoms with Gasteiger partial charge in [-0.1, -0.05) is 0 Å². The summed E-state index contributed by atoms with van der Waals surface area (Å²) in [5.41, 5.74) is 0.893. The van der Waals surface area contributed by atoms with Crippen molar-refractivity contribution in [1.82, 2.24) is 4.98 Å². The van der Waals surface area contributed by atoms with Gasteiger partial charge >= 0.3 is 7.12 Å². The summed E-state index contributed by atoms with van der Waals surface area (Å²) in [5, 5.41) is 0.960. The first kappa shape index (κ1) is 11.7. The Morgan fingerprint density at radius 3 is 2.44 bits per heavy atom. The molecular weight excluding hydrogens is 229 g/mol. The van der Waals surface area contributed by atoms with Gasteiger partial charge < -0.3 is 13.7 Å². The molecule has 1 fully saturated rings. The fourth-order valence-electron chi connectivity index (χ4n) is 1.98. The van der Waals surface area contributed by atoms with E-state index in [-0.39, 0.29) is 18.3 Å². The molecule has 2 aromatic heterocycles. The van der Waals surface area contributed by atoms with Crippen molar-refractivity contribution < 1.29 is 13.7 Å². The van der Waals surface area contributed by atoms with Crippen LogP contribution in [0.4, 0.5) is 0 Å². The molecule has 1 saturated heterocycles. The third-order valence-electron chi connectivity index (χ3n) is 3.85. The van der Waals surface area contributed by atoms with Crippen LogP contribution in [-0.2, 0) is 9.31 Å². The maximum atomic E-state index is 5.98. The van der Waals surface area contributed by atoms with Crippen LogP contribution < -0.4 is 5.46 Å². The van der Waals surface area contributed by atoms with E-state index in [1.54, 1.807) is 12.5 Å². The first-order valence-electron chi connectivity index (χ1n) is 6.08. The molecule has 2 aromatic rings. The summed E-state index contributed by atoms with van der Waals surface area (Å²) in [6.45, 7) is 8.15. The number of hydrogen-bond donors (Lipinski definition) is 0. The van der Waals surface area contributed by atoms with Crippen LogP contribution in [0.2, 0.25) is 0 Å². The Labute approximate surface area is 106 Å². The Balaban J connectivity index is 1.96. The van der Waals surface area contributed by atoms with Crippen molar-refractivity contribution >= 4 is 23.7 Å². The number of rotatable bonds is 1. The lowest BCUT2D eigenvalue weighted by atomic mass is 9.80. The molecule has 0 saturated carbocycles. The van der Waals surface area contributed by atoms with Crippen molar-refractivity contribution in [3.8, 4) is 0 Å². The van der Waals surface area contributed by atoms with Crippen molar-refractivity contribution in [3.05, 3.63) is 24.6 Å². The van der Waals surface area contributed by atoms with Gasteiger partial charge in [0.1, 0.15) is 0 Å². The summed E-state index contributed by atoms with van der Waals surface area (Å²) in [5.74, 6) is 0. The lowest BCUT2D eigenvalue weighted by molar-refractivity contribution is 0.00578. The highest BCUT2D eigenvalue weighted by Crippen LogP contribution is 2.36. The van der Waals surface area contributed by atoms with E-state index in [0.717, 1.165) is 10.8 Å². The predicted octanol–water partition coefficient (Wildman–Crippen LogP) is 2.13. The highest BCUT2D eigenvalue weighted by Gasteiger charge is 2.51. The summed E-state index contributed by atoms with van der Waals surface area (Å²) in [7, 11) is -0.373. The maximum absolute atomic E-state index is 5.98. The molecule has 0 spiro atoms. The molecule has 94 valence electrons. The molecule has 0 radical (unpaired) electrons. The normalized spacial score (nSPS) is 21.7. The molecule has 1 aliphatic rings. The van der Waals surface area contributed by atoms with Crippen LogP contribution in [0.1, 0.15) is 27.7 Å². The first-order chi connectivity index (χ1) is 8.39. The van der Waals surface area contributed by atoms with Gasteiger partial charge in [-0.25, -0.2) is 4.98 Å². The Morgan fingerprint density at radius 2 is 1.78 bits per heavy atom. The van der Waals surface area contributed by atoms with Crippen LogP contribution >= 0.6 is 0 Å². The molecule has 3 heterocycles. The number of fused-ring (bicyclic) bond motifs is 1. The molecule has 0 atom stereocenters. The smallest absolute Gasteiger partial charge is 0.446 e. The van der Waals surface area contributed by atoms with E-state index in [4.69, 9.17) is 13.7 Å². The zero-order valence-electron chi connectivity index (χ0n) is 11.1. The van der Waals surface area contributed by atoms with Gasteiger partial charge in [-0.2, -0.15) is 0 Å². The standard InChI is InChI=1S/C13H16BNO3/c1-12(2)13(3,4)18-14(17-12)10-7-9-5-6-16-11(9)15-8-10/h5-8H,1-4H3. The second-order valence-electron chi connectivity index (χ2n) is 5.67. The molecule has 0 amide bonds. The summed E-state index contributed by atoms with van der Waals surface area (Å²) in [6.07, 6.45) is 3.37. The van der Waals surface area contributed by atoms with Gasteiger partial charge in [-0.3, -0.25) is 0 Å². The van der Waals surface area contributed by atoms with E-state index >= 15 is 0 Å². The van der Waals surface area contributed by atoms with Crippen LogP contribution in [0.3, 0.4) is 0 Å². The highest BCUT2D eigenvalue weighted by molar-refractivity contribution is 6.62. The number of pyridine rings is 1. The van der Waals surface area contributed by atoms with Crippen molar-refractivity contribution in [3.63, 3.8) is 0 Å². The van der Waals surface area contributed by atoms with Crippen LogP contribution in [0.25, 0.3) is 11.1 Å². The van der Waals surface area contributed by atoms with Crippen LogP contribution in [0.15, 0.2) is 29.0 Å². The van der Waals surface area contributed by atoms with Crippen molar-refractivity contribution in [2.75, 3.05) is 0 Å². The lowest BCUT2D eigenvalue weighted by Crippen LogP contribution is -2.41. The topological polar surface area (TPSA) is 44.5 Å². The largest absolute Gasteiger partial charge is 0.496 e. The van der Waals surface area contributed by atoms with Crippen molar-refractivity contribution in [2.45, 2.75) is 38.9 Å². The zero-order valence-corrected chi connectivity index (χ0v) is 11.1. The Bertz CT molecular complexity index is 575. The minimum atomic E-state index is -0.373. The molecule has 0 unspecified atom stereocenters. The fraction of sp³-hybridized carbons (Fsp3) is 0.462. The lowest BCUT2D eigenvalue weighted by Gasteiger charge is -2.32. The predicted molar refractivity (Wildman–Crippen MR) is 69.7 cm³/mol. The Morgan fingerprint density at radius 1 is 1.11 bits per heavy atom. The molecule has 4 nitrogen and oxygen atoms in total. The van der Waals surface area contributed by atoms with E-state index < -0.39 is 0 Å².